The molecule has 2 saturated heterocycles. The summed E-state index contributed by atoms with van der Waals surface area (Å²) in [5.41, 5.74) is 4.51. The number of carbonyl (C=O) groups is 1. The Bertz CT molecular complexity index is 1030. The minimum Gasteiger partial charge on any atom is -0.490 e. The predicted octanol–water partition coefficient (Wildman–Crippen LogP) is 3.86. The summed E-state index contributed by atoms with van der Waals surface area (Å²) in [6.45, 7) is 4.30. The van der Waals surface area contributed by atoms with Gasteiger partial charge in [-0.15, -0.1) is 0 Å². The smallest absolute Gasteiger partial charge is 0.251 e. The first kappa shape index (κ1) is 19.1. The van der Waals surface area contributed by atoms with E-state index in [-0.39, 0.29) is 18.1 Å². The fraction of sp³-hybridized carbons (Fsp3) is 0.417. The van der Waals surface area contributed by atoms with Crippen molar-refractivity contribution in [2.45, 2.75) is 44.8 Å². The van der Waals surface area contributed by atoms with Gasteiger partial charge in [0.1, 0.15) is 23.6 Å². The van der Waals surface area contributed by atoms with Crippen LogP contribution in [0, 0.1) is 6.92 Å². The molecule has 6 heteroatoms. The van der Waals surface area contributed by atoms with Crippen LogP contribution in [-0.2, 0) is 9.53 Å². The molecule has 156 valence electrons. The standard InChI is InChI=1S/C24H27N3O3/c1-17-15-23-25-10-13-27(23)16-21(17)18-4-6-19(7-5-18)30-20-8-11-26(12-9-20)24(28)22-3-2-14-29-22/h4-7,10,13,15-16,20,22H,2-3,8-9,11-12,14H2,1H3/t22-/m1/s1. The maximum absolute atomic E-state index is 12.5. The third-order valence-corrected chi connectivity index (χ3v) is 6.16. The summed E-state index contributed by atoms with van der Waals surface area (Å²) in [6.07, 6.45) is 9.38. The van der Waals surface area contributed by atoms with Gasteiger partial charge in [0.15, 0.2) is 0 Å². The molecule has 2 fully saturated rings. The highest BCUT2D eigenvalue weighted by Gasteiger charge is 2.31. The van der Waals surface area contributed by atoms with Crippen molar-refractivity contribution >= 4 is 11.6 Å². The Kier molecular flexibility index (Phi) is 5.17. The molecule has 6 nitrogen and oxygen atoms in total. The summed E-state index contributed by atoms with van der Waals surface area (Å²) in [7, 11) is 0. The maximum Gasteiger partial charge on any atom is 0.251 e. The minimum absolute atomic E-state index is 0.147. The van der Waals surface area contributed by atoms with Crippen LogP contribution in [0.5, 0.6) is 5.75 Å². The summed E-state index contributed by atoms with van der Waals surface area (Å²) in [5, 5.41) is 0. The normalized spacial score (nSPS) is 20.0. The lowest BCUT2D eigenvalue weighted by atomic mass is 10.0. The number of hydrogen-bond acceptors (Lipinski definition) is 4. The molecule has 2 aliphatic rings. The number of imidazole rings is 1. The predicted molar refractivity (Wildman–Crippen MR) is 115 cm³/mol. The van der Waals surface area contributed by atoms with Crippen LogP contribution in [0.2, 0.25) is 0 Å². The molecule has 1 atom stereocenters. The number of aryl methyl sites for hydroxylation is 1. The van der Waals surface area contributed by atoms with Crippen LogP contribution in [-0.4, -0.2) is 52.1 Å². The molecule has 2 aliphatic heterocycles. The number of likely N-dealkylation sites (tertiary alicyclic amines) is 1. The molecule has 5 rings (SSSR count). The second-order valence-electron chi connectivity index (χ2n) is 8.23. The number of fused-ring (bicyclic) bond motifs is 1. The maximum atomic E-state index is 12.5. The fourth-order valence-corrected chi connectivity index (χ4v) is 4.44. The Morgan fingerprint density at radius 1 is 1.17 bits per heavy atom. The molecule has 2 aromatic heterocycles. The highest BCUT2D eigenvalue weighted by Crippen LogP contribution is 2.28. The zero-order valence-electron chi connectivity index (χ0n) is 17.3. The SMILES string of the molecule is Cc1cc2nccn2cc1-c1ccc(OC2CCN(C(=O)[C@H]3CCCO3)CC2)cc1. The van der Waals surface area contributed by atoms with Crippen molar-refractivity contribution in [1.82, 2.24) is 14.3 Å². The van der Waals surface area contributed by atoms with Crippen molar-refractivity contribution in [3.05, 3.63) is 54.5 Å². The Balaban J connectivity index is 1.20. The zero-order chi connectivity index (χ0) is 20.5. The summed E-state index contributed by atoms with van der Waals surface area (Å²) >= 11 is 0. The largest absolute Gasteiger partial charge is 0.490 e. The Hall–Kier alpha value is -2.86. The van der Waals surface area contributed by atoms with Gasteiger partial charge in [-0.2, -0.15) is 0 Å². The lowest BCUT2D eigenvalue weighted by Crippen LogP contribution is -2.45. The van der Waals surface area contributed by atoms with E-state index in [1.165, 1.54) is 11.1 Å². The molecular formula is C24H27N3O3. The lowest BCUT2D eigenvalue weighted by molar-refractivity contribution is -0.142. The van der Waals surface area contributed by atoms with E-state index in [2.05, 4.69) is 36.3 Å². The monoisotopic (exact) mass is 405 g/mol. The van der Waals surface area contributed by atoms with Gasteiger partial charge < -0.3 is 18.8 Å². The van der Waals surface area contributed by atoms with Crippen LogP contribution in [0.25, 0.3) is 16.8 Å². The lowest BCUT2D eigenvalue weighted by Gasteiger charge is -2.33. The van der Waals surface area contributed by atoms with E-state index in [0.717, 1.165) is 55.7 Å². The average molecular weight is 405 g/mol. The molecular weight excluding hydrogens is 378 g/mol. The van der Waals surface area contributed by atoms with Gasteiger partial charge in [0, 0.05) is 56.7 Å². The molecule has 0 bridgehead atoms. The number of amides is 1. The van der Waals surface area contributed by atoms with E-state index in [4.69, 9.17) is 9.47 Å². The van der Waals surface area contributed by atoms with Crippen LogP contribution in [0.15, 0.2) is 48.9 Å². The van der Waals surface area contributed by atoms with E-state index in [1.54, 1.807) is 0 Å². The molecule has 0 unspecified atom stereocenters. The third kappa shape index (κ3) is 3.79. The number of nitrogens with zero attached hydrogens (tertiary/aromatic N) is 3. The summed E-state index contributed by atoms with van der Waals surface area (Å²) in [4.78, 5) is 18.8. The van der Waals surface area contributed by atoms with Gasteiger partial charge >= 0.3 is 0 Å². The van der Waals surface area contributed by atoms with Crippen LogP contribution in [0.3, 0.4) is 0 Å². The third-order valence-electron chi connectivity index (χ3n) is 6.16. The van der Waals surface area contributed by atoms with E-state index in [9.17, 15) is 4.79 Å². The van der Waals surface area contributed by atoms with Crippen molar-refractivity contribution in [1.29, 1.82) is 0 Å². The molecule has 0 radical (unpaired) electrons. The van der Waals surface area contributed by atoms with Gasteiger partial charge in [-0.25, -0.2) is 4.98 Å². The highest BCUT2D eigenvalue weighted by atomic mass is 16.5. The topological polar surface area (TPSA) is 56.1 Å². The Labute approximate surface area is 176 Å². The summed E-state index contributed by atoms with van der Waals surface area (Å²) in [6, 6.07) is 10.4. The Morgan fingerprint density at radius 3 is 2.70 bits per heavy atom. The molecule has 0 N–H and O–H groups in total. The second kappa shape index (κ2) is 8.11. The fourth-order valence-electron chi connectivity index (χ4n) is 4.44. The van der Waals surface area contributed by atoms with Crippen LogP contribution in [0.4, 0.5) is 0 Å². The van der Waals surface area contributed by atoms with Gasteiger partial charge in [0.05, 0.1) is 0 Å². The van der Waals surface area contributed by atoms with Crippen molar-refractivity contribution in [2.75, 3.05) is 19.7 Å². The first-order valence-electron chi connectivity index (χ1n) is 10.8. The molecule has 1 aromatic carbocycles. The van der Waals surface area contributed by atoms with Crippen LogP contribution in [0.1, 0.15) is 31.2 Å². The molecule has 4 heterocycles. The molecule has 1 amide bonds. The number of hydrogen-bond donors (Lipinski definition) is 0. The number of piperidine rings is 1. The molecule has 3 aromatic rings. The molecule has 30 heavy (non-hydrogen) atoms. The quantitative estimate of drug-likeness (QED) is 0.661. The van der Waals surface area contributed by atoms with Gasteiger partial charge in [-0.3, -0.25) is 4.79 Å². The first-order valence-corrected chi connectivity index (χ1v) is 10.8. The second-order valence-corrected chi connectivity index (χ2v) is 8.23. The van der Waals surface area contributed by atoms with E-state index >= 15 is 0 Å². The van der Waals surface area contributed by atoms with Gasteiger partial charge in [-0.05, 0) is 49.1 Å². The number of benzene rings is 1. The van der Waals surface area contributed by atoms with Crippen molar-refractivity contribution in [3.63, 3.8) is 0 Å². The Morgan fingerprint density at radius 2 is 1.97 bits per heavy atom. The number of carbonyl (C=O) groups excluding carboxylic acids is 1. The first-order chi connectivity index (χ1) is 14.7. The average Bonchev–Trinajstić information content (AvgIpc) is 3.46. The van der Waals surface area contributed by atoms with E-state index in [0.29, 0.717) is 6.61 Å². The number of rotatable bonds is 4. The van der Waals surface area contributed by atoms with Gasteiger partial charge in [-0.1, -0.05) is 12.1 Å². The number of ether oxygens (including phenoxy) is 2. The number of aromatic nitrogens is 2. The van der Waals surface area contributed by atoms with E-state index < -0.39 is 0 Å². The van der Waals surface area contributed by atoms with Crippen molar-refractivity contribution in [2.24, 2.45) is 0 Å². The molecule has 0 saturated carbocycles. The van der Waals surface area contributed by atoms with Crippen molar-refractivity contribution < 1.29 is 14.3 Å². The minimum atomic E-state index is -0.222. The molecule has 0 spiro atoms. The highest BCUT2D eigenvalue weighted by molar-refractivity contribution is 5.81. The van der Waals surface area contributed by atoms with Crippen LogP contribution >= 0.6 is 0 Å². The van der Waals surface area contributed by atoms with Crippen molar-refractivity contribution in [3.8, 4) is 16.9 Å². The van der Waals surface area contributed by atoms with Gasteiger partial charge in [0.25, 0.3) is 5.91 Å². The van der Waals surface area contributed by atoms with E-state index in [1.807, 2.05) is 33.8 Å². The summed E-state index contributed by atoms with van der Waals surface area (Å²) in [5.74, 6) is 1.03. The van der Waals surface area contributed by atoms with Crippen LogP contribution < -0.4 is 4.74 Å². The summed E-state index contributed by atoms with van der Waals surface area (Å²) < 4.78 is 13.8. The number of pyridine rings is 1. The van der Waals surface area contributed by atoms with Gasteiger partial charge in [0.2, 0.25) is 0 Å². The molecule has 0 aliphatic carbocycles. The zero-order valence-corrected chi connectivity index (χ0v) is 17.3.